The highest BCUT2D eigenvalue weighted by molar-refractivity contribution is 7.92. The van der Waals surface area contributed by atoms with Gasteiger partial charge in [-0.25, -0.2) is 9.97 Å². The van der Waals surface area contributed by atoms with Gasteiger partial charge in [0, 0.05) is 42.8 Å². The maximum absolute atomic E-state index is 12.8. The minimum Gasteiger partial charge on any atom is -0.339 e. The first-order valence-corrected chi connectivity index (χ1v) is 9.22. The van der Waals surface area contributed by atoms with Crippen molar-refractivity contribution in [2.24, 2.45) is 7.05 Å². The first-order valence-electron chi connectivity index (χ1n) is 7.41. The number of nitrogens with zero attached hydrogens (tertiary/aromatic N) is 4. The van der Waals surface area contributed by atoms with E-state index in [1.54, 1.807) is 36.0 Å². The van der Waals surface area contributed by atoms with Crippen LogP contribution >= 0.6 is 11.6 Å². The Balaban J connectivity index is 1.88. The van der Waals surface area contributed by atoms with Crippen LogP contribution < -0.4 is 4.31 Å². The average molecular weight is 376 g/mol. The fraction of sp³-hybridized carbons (Fsp3) is 0.125. The summed E-state index contributed by atoms with van der Waals surface area (Å²) in [4.78, 5) is 11.4. The van der Waals surface area contributed by atoms with Crippen molar-refractivity contribution in [3.05, 3.63) is 48.0 Å². The van der Waals surface area contributed by atoms with Crippen molar-refractivity contribution in [2.75, 3.05) is 11.4 Å². The Labute approximate surface area is 148 Å². The van der Waals surface area contributed by atoms with Crippen molar-refractivity contribution in [3.8, 4) is 0 Å². The second-order valence-corrected chi connectivity index (χ2v) is 8.04. The van der Waals surface area contributed by atoms with Crippen LogP contribution in [-0.4, -0.2) is 35.0 Å². The number of nitrogens with one attached hydrogen (secondary N) is 1. The SMILES string of the molecule is CN(c1ccc2[nH]c3nccc(Cl)c3c2c1)S(=O)(=O)c1cn(C)cn1. The van der Waals surface area contributed by atoms with Gasteiger partial charge in [0.05, 0.1) is 17.0 Å². The van der Waals surface area contributed by atoms with E-state index in [4.69, 9.17) is 11.6 Å². The lowest BCUT2D eigenvalue weighted by Crippen LogP contribution is -2.26. The summed E-state index contributed by atoms with van der Waals surface area (Å²) in [5.74, 6) is 0. The second kappa shape index (κ2) is 5.47. The van der Waals surface area contributed by atoms with E-state index in [1.165, 1.54) is 23.9 Å². The quantitative estimate of drug-likeness (QED) is 0.596. The summed E-state index contributed by atoms with van der Waals surface area (Å²) in [6, 6.07) is 7.03. The number of imidazole rings is 1. The van der Waals surface area contributed by atoms with Crippen molar-refractivity contribution >= 4 is 49.2 Å². The predicted octanol–water partition coefficient (Wildman–Crippen LogP) is 2.93. The van der Waals surface area contributed by atoms with Crippen molar-refractivity contribution < 1.29 is 8.42 Å². The van der Waals surface area contributed by atoms with Gasteiger partial charge in [-0.3, -0.25) is 4.31 Å². The minimum absolute atomic E-state index is 0.00350. The summed E-state index contributed by atoms with van der Waals surface area (Å²) in [5, 5.41) is 2.14. The number of hydrogen-bond acceptors (Lipinski definition) is 4. The third-order valence-corrected chi connectivity index (χ3v) is 6.08. The van der Waals surface area contributed by atoms with Crippen LogP contribution in [0.5, 0.6) is 0 Å². The molecule has 4 aromatic rings. The van der Waals surface area contributed by atoms with Crippen LogP contribution in [0, 0.1) is 0 Å². The first-order chi connectivity index (χ1) is 11.9. The molecule has 4 rings (SSSR count). The van der Waals surface area contributed by atoms with Gasteiger partial charge in [0.15, 0.2) is 5.03 Å². The van der Waals surface area contributed by atoms with Crippen LogP contribution in [0.3, 0.4) is 0 Å². The molecule has 1 aromatic carbocycles. The van der Waals surface area contributed by atoms with Gasteiger partial charge in [0.1, 0.15) is 5.65 Å². The average Bonchev–Trinajstić information content (AvgIpc) is 3.18. The molecule has 0 fully saturated rings. The van der Waals surface area contributed by atoms with Crippen LogP contribution in [0.15, 0.2) is 48.0 Å². The third kappa shape index (κ3) is 2.45. The number of H-pyrrole nitrogens is 1. The number of aromatic amines is 1. The molecular weight excluding hydrogens is 362 g/mol. The number of sulfonamides is 1. The summed E-state index contributed by atoms with van der Waals surface area (Å²) in [6.07, 6.45) is 4.55. The molecule has 0 aliphatic carbocycles. The third-order valence-electron chi connectivity index (χ3n) is 4.10. The van der Waals surface area contributed by atoms with E-state index >= 15 is 0 Å². The van der Waals surface area contributed by atoms with Crippen LogP contribution in [-0.2, 0) is 17.1 Å². The van der Waals surface area contributed by atoms with Gasteiger partial charge in [-0.05, 0) is 24.3 Å². The number of aromatic nitrogens is 4. The standard InChI is InChI=1S/C16H14ClN5O2S/c1-21-8-14(19-9-21)25(23,24)22(2)10-3-4-13-11(7-10)15-12(17)5-6-18-16(15)20-13/h3-9H,1-2H3,(H,18,20). The molecule has 3 aromatic heterocycles. The number of hydrogen-bond donors (Lipinski definition) is 1. The monoisotopic (exact) mass is 375 g/mol. The maximum Gasteiger partial charge on any atom is 0.283 e. The van der Waals surface area contributed by atoms with Crippen LogP contribution in [0.1, 0.15) is 0 Å². The number of fused-ring (bicyclic) bond motifs is 3. The van der Waals surface area contributed by atoms with Crippen LogP contribution in [0.2, 0.25) is 5.02 Å². The Morgan fingerprint density at radius 3 is 2.76 bits per heavy atom. The molecule has 3 heterocycles. The smallest absolute Gasteiger partial charge is 0.283 e. The van der Waals surface area contributed by atoms with E-state index < -0.39 is 10.0 Å². The summed E-state index contributed by atoms with van der Waals surface area (Å²) in [6.45, 7) is 0. The number of pyridine rings is 1. The van der Waals surface area contributed by atoms with E-state index in [-0.39, 0.29) is 5.03 Å². The van der Waals surface area contributed by atoms with Gasteiger partial charge in [0.2, 0.25) is 0 Å². The number of aryl methyl sites for hydroxylation is 1. The Morgan fingerprint density at radius 2 is 2.04 bits per heavy atom. The lowest BCUT2D eigenvalue weighted by atomic mass is 10.2. The highest BCUT2D eigenvalue weighted by atomic mass is 35.5. The predicted molar refractivity (Wildman–Crippen MR) is 97.4 cm³/mol. The zero-order chi connectivity index (χ0) is 17.8. The molecule has 0 aliphatic heterocycles. The Morgan fingerprint density at radius 1 is 1.24 bits per heavy atom. The van der Waals surface area contributed by atoms with E-state index in [2.05, 4.69) is 15.0 Å². The van der Waals surface area contributed by atoms with Gasteiger partial charge in [-0.1, -0.05) is 11.6 Å². The van der Waals surface area contributed by atoms with Crippen molar-refractivity contribution in [2.45, 2.75) is 5.03 Å². The van der Waals surface area contributed by atoms with Gasteiger partial charge in [0.25, 0.3) is 10.0 Å². The zero-order valence-corrected chi connectivity index (χ0v) is 15.0. The highest BCUT2D eigenvalue weighted by Crippen LogP contribution is 2.33. The number of rotatable bonds is 3. The van der Waals surface area contributed by atoms with Gasteiger partial charge >= 0.3 is 0 Å². The molecule has 0 radical (unpaired) electrons. The number of benzene rings is 1. The molecule has 0 atom stereocenters. The van der Waals surface area contributed by atoms with E-state index in [0.29, 0.717) is 16.4 Å². The normalized spacial score (nSPS) is 12.1. The van der Waals surface area contributed by atoms with E-state index in [0.717, 1.165) is 16.3 Å². The summed E-state index contributed by atoms with van der Waals surface area (Å²) < 4.78 is 28.3. The molecule has 0 bridgehead atoms. The maximum atomic E-state index is 12.8. The molecule has 0 saturated carbocycles. The van der Waals surface area contributed by atoms with Crippen molar-refractivity contribution in [1.82, 2.24) is 19.5 Å². The molecule has 9 heteroatoms. The van der Waals surface area contributed by atoms with Gasteiger partial charge < -0.3 is 9.55 Å². The molecule has 128 valence electrons. The minimum atomic E-state index is -3.74. The van der Waals surface area contributed by atoms with Gasteiger partial charge in [-0.15, -0.1) is 0 Å². The topological polar surface area (TPSA) is 83.9 Å². The second-order valence-electron chi connectivity index (χ2n) is 5.72. The molecule has 0 saturated heterocycles. The largest absolute Gasteiger partial charge is 0.339 e. The molecule has 0 unspecified atom stereocenters. The highest BCUT2D eigenvalue weighted by Gasteiger charge is 2.24. The van der Waals surface area contributed by atoms with Gasteiger partial charge in [-0.2, -0.15) is 8.42 Å². The molecule has 1 N–H and O–H groups in total. The van der Waals surface area contributed by atoms with E-state index in [9.17, 15) is 8.42 Å². The first kappa shape index (κ1) is 15.9. The van der Waals surface area contributed by atoms with Crippen LogP contribution in [0.4, 0.5) is 5.69 Å². The number of halogens is 1. The fourth-order valence-corrected chi connectivity index (χ4v) is 4.16. The molecule has 0 spiro atoms. The van der Waals surface area contributed by atoms with E-state index in [1.807, 2.05) is 6.07 Å². The Kier molecular flexibility index (Phi) is 3.48. The summed E-state index contributed by atoms with van der Waals surface area (Å²) >= 11 is 6.29. The lowest BCUT2D eigenvalue weighted by Gasteiger charge is -2.18. The molecule has 0 aliphatic rings. The Hall–Kier alpha value is -2.58. The summed E-state index contributed by atoms with van der Waals surface area (Å²) in [7, 11) is -0.523. The zero-order valence-electron chi connectivity index (χ0n) is 13.4. The van der Waals surface area contributed by atoms with Crippen molar-refractivity contribution in [1.29, 1.82) is 0 Å². The molecular formula is C16H14ClN5O2S. The molecule has 0 amide bonds. The molecule has 7 nitrogen and oxygen atoms in total. The number of anilines is 1. The lowest BCUT2D eigenvalue weighted by molar-refractivity contribution is 0.591. The molecule has 25 heavy (non-hydrogen) atoms. The Bertz CT molecular complexity index is 1210. The summed E-state index contributed by atoms with van der Waals surface area (Å²) in [5.41, 5.74) is 2.01. The fourth-order valence-electron chi connectivity index (χ4n) is 2.76. The van der Waals surface area contributed by atoms with Crippen molar-refractivity contribution in [3.63, 3.8) is 0 Å². The van der Waals surface area contributed by atoms with Crippen LogP contribution in [0.25, 0.3) is 21.9 Å².